The first-order valence-corrected chi connectivity index (χ1v) is 7.60. The SMILES string of the molecule is COC(=O)c1nc(CC2CCCCN2)n2c(OC)cccc12. The lowest BCUT2D eigenvalue weighted by atomic mass is 10.0. The number of methoxy groups -OCH3 is 2. The molecule has 0 amide bonds. The summed E-state index contributed by atoms with van der Waals surface area (Å²) in [5.74, 6) is 1.08. The number of imidazole rings is 1. The number of carbonyl (C=O) groups is 1. The third-order valence-corrected chi connectivity index (χ3v) is 4.13. The minimum absolute atomic E-state index is 0.340. The van der Waals surface area contributed by atoms with Gasteiger partial charge in [-0.15, -0.1) is 0 Å². The van der Waals surface area contributed by atoms with Gasteiger partial charge in [-0.3, -0.25) is 4.40 Å². The number of carbonyl (C=O) groups excluding carboxylic acids is 1. The Labute approximate surface area is 129 Å². The van der Waals surface area contributed by atoms with Crippen molar-refractivity contribution in [2.75, 3.05) is 20.8 Å². The van der Waals surface area contributed by atoms with Gasteiger partial charge in [-0.05, 0) is 31.5 Å². The van der Waals surface area contributed by atoms with E-state index in [-0.39, 0.29) is 0 Å². The third-order valence-electron chi connectivity index (χ3n) is 4.13. The highest BCUT2D eigenvalue weighted by molar-refractivity contribution is 5.95. The van der Waals surface area contributed by atoms with Gasteiger partial charge in [0.2, 0.25) is 0 Å². The van der Waals surface area contributed by atoms with Gasteiger partial charge in [0.05, 0.1) is 19.7 Å². The monoisotopic (exact) mass is 303 g/mol. The molecule has 118 valence electrons. The molecule has 3 rings (SSSR count). The van der Waals surface area contributed by atoms with E-state index in [1.807, 2.05) is 22.6 Å². The molecular formula is C16H21N3O3. The van der Waals surface area contributed by atoms with Gasteiger partial charge in [-0.2, -0.15) is 0 Å². The standard InChI is InChI=1S/C16H21N3O3/c1-21-14-8-5-7-12-15(16(20)22-2)18-13(19(12)14)10-11-6-3-4-9-17-11/h5,7-8,11,17H,3-4,6,9-10H2,1-2H3. The molecule has 1 aliphatic heterocycles. The van der Waals surface area contributed by atoms with E-state index in [0.29, 0.717) is 17.6 Å². The third kappa shape index (κ3) is 2.66. The zero-order chi connectivity index (χ0) is 15.5. The van der Waals surface area contributed by atoms with Gasteiger partial charge in [-0.25, -0.2) is 9.78 Å². The molecule has 6 nitrogen and oxygen atoms in total. The number of rotatable bonds is 4. The number of nitrogens with one attached hydrogen (secondary N) is 1. The van der Waals surface area contributed by atoms with E-state index in [2.05, 4.69) is 10.3 Å². The van der Waals surface area contributed by atoms with Crippen molar-refractivity contribution < 1.29 is 14.3 Å². The molecule has 1 fully saturated rings. The molecule has 6 heteroatoms. The maximum atomic E-state index is 12.0. The normalized spacial score (nSPS) is 18.4. The quantitative estimate of drug-likeness (QED) is 0.873. The molecule has 0 radical (unpaired) electrons. The van der Waals surface area contributed by atoms with Crippen LogP contribution in [0.3, 0.4) is 0 Å². The molecule has 0 saturated carbocycles. The van der Waals surface area contributed by atoms with Crippen LogP contribution in [-0.4, -0.2) is 42.2 Å². The van der Waals surface area contributed by atoms with Gasteiger partial charge in [0.25, 0.3) is 0 Å². The Kier molecular flexibility index (Phi) is 4.29. The van der Waals surface area contributed by atoms with E-state index in [1.54, 1.807) is 7.11 Å². The second-order valence-electron chi connectivity index (χ2n) is 5.51. The lowest BCUT2D eigenvalue weighted by Gasteiger charge is -2.23. The molecule has 0 aliphatic carbocycles. The number of nitrogens with zero attached hydrogens (tertiary/aromatic N) is 2. The number of pyridine rings is 1. The first-order valence-electron chi connectivity index (χ1n) is 7.60. The fraction of sp³-hybridized carbons (Fsp3) is 0.500. The van der Waals surface area contributed by atoms with Crippen molar-refractivity contribution in [1.29, 1.82) is 0 Å². The summed E-state index contributed by atoms with van der Waals surface area (Å²) in [7, 11) is 2.99. The lowest BCUT2D eigenvalue weighted by molar-refractivity contribution is 0.0596. The number of esters is 1. The summed E-state index contributed by atoms with van der Waals surface area (Å²) in [5, 5.41) is 3.51. The number of hydrogen-bond donors (Lipinski definition) is 1. The number of hydrogen-bond acceptors (Lipinski definition) is 5. The second kappa shape index (κ2) is 6.36. The van der Waals surface area contributed by atoms with Gasteiger partial charge in [-0.1, -0.05) is 12.5 Å². The van der Waals surface area contributed by atoms with Gasteiger partial charge in [0.1, 0.15) is 5.82 Å². The Hall–Kier alpha value is -2.08. The van der Waals surface area contributed by atoms with E-state index in [9.17, 15) is 4.79 Å². The average Bonchev–Trinajstić information content (AvgIpc) is 2.94. The minimum atomic E-state index is -0.423. The van der Waals surface area contributed by atoms with Crippen LogP contribution in [0.15, 0.2) is 18.2 Å². The second-order valence-corrected chi connectivity index (χ2v) is 5.51. The van der Waals surface area contributed by atoms with Crippen LogP contribution in [0.1, 0.15) is 35.6 Å². The van der Waals surface area contributed by atoms with Crippen LogP contribution in [0.25, 0.3) is 5.52 Å². The van der Waals surface area contributed by atoms with Gasteiger partial charge < -0.3 is 14.8 Å². The Bertz CT molecular complexity index is 675. The van der Waals surface area contributed by atoms with Crippen molar-refractivity contribution in [3.05, 3.63) is 29.7 Å². The summed E-state index contributed by atoms with van der Waals surface area (Å²) in [6.45, 7) is 1.04. The zero-order valence-electron chi connectivity index (χ0n) is 13.0. The van der Waals surface area contributed by atoms with Crippen LogP contribution < -0.4 is 10.1 Å². The number of aromatic nitrogens is 2. The average molecular weight is 303 g/mol. The smallest absolute Gasteiger partial charge is 0.358 e. The maximum absolute atomic E-state index is 12.0. The van der Waals surface area contributed by atoms with Crippen molar-refractivity contribution >= 4 is 11.5 Å². The summed E-state index contributed by atoms with van der Waals surface area (Å²) >= 11 is 0. The van der Waals surface area contributed by atoms with E-state index in [1.165, 1.54) is 20.0 Å². The number of piperidine rings is 1. The Morgan fingerprint density at radius 3 is 2.95 bits per heavy atom. The summed E-state index contributed by atoms with van der Waals surface area (Å²) < 4.78 is 12.2. The van der Waals surface area contributed by atoms with Gasteiger partial charge in [0, 0.05) is 12.5 Å². The molecule has 2 aromatic heterocycles. The first-order chi connectivity index (χ1) is 10.7. The van der Waals surface area contributed by atoms with E-state index in [0.717, 1.165) is 30.7 Å². The zero-order valence-corrected chi connectivity index (χ0v) is 13.0. The fourth-order valence-corrected chi connectivity index (χ4v) is 3.04. The molecular weight excluding hydrogens is 282 g/mol. The molecule has 2 aromatic rings. The lowest BCUT2D eigenvalue weighted by Crippen LogP contribution is -2.36. The summed E-state index contributed by atoms with van der Waals surface area (Å²) in [5.41, 5.74) is 1.06. The van der Waals surface area contributed by atoms with Crippen molar-refractivity contribution in [3.8, 4) is 5.88 Å². The van der Waals surface area contributed by atoms with Crippen molar-refractivity contribution in [2.24, 2.45) is 0 Å². The van der Waals surface area contributed by atoms with Crippen LogP contribution in [0, 0.1) is 0 Å². The van der Waals surface area contributed by atoms with Gasteiger partial charge >= 0.3 is 5.97 Å². The summed E-state index contributed by atoms with van der Waals surface area (Å²) in [6, 6.07) is 5.97. The highest BCUT2D eigenvalue weighted by Crippen LogP contribution is 2.23. The van der Waals surface area contributed by atoms with E-state index < -0.39 is 5.97 Å². The molecule has 0 spiro atoms. The summed E-state index contributed by atoms with van der Waals surface area (Å²) in [6.07, 6.45) is 4.33. The molecule has 3 heterocycles. The largest absolute Gasteiger partial charge is 0.482 e. The topological polar surface area (TPSA) is 64.9 Å². The Morgan fingerprint density at radius 1 is 1.41 bits per heavy atom. The molecule has 1 aliphatic rings. The predicted molar refractivity (Wildman–Crippen MR) is 82.4 cm³/mol. The van der Waals surface area contributed by atoms with Crippen molar-refractivity contribution in [2.45, 2.75) is 31.7 Å². The van der Waals surface area contributed by atoms with Crippen LogP contribution in [0.4, 0.5) is 0 Å². The molecule has 22 heavy (non-hydrogen) atoms. The molecule has 1 N–H and O–H groups in total. The highest BCUT2D eigenvalue weighted by Gasteiger charge is 2.23. The molecule has 0 bridgehead atoms. The number of ether oxygens (including phenoxy) is 2. The highest BCUT2D eigenvalue weighted by atomic mass is 16.5. The molecule has 1 atom stereocenters. The van der Waals surface area contributed by atoms with E-state index in [4.69, 9.17) is 9.47 Å². The predicted octanol–water partition coefficient (Wildman–Crippen LogP) is 1.81. The first kappa shape index (κ1) is 14.8. The maximum Gasteiger partial charge on any atom is 0.358 e. The van der Waals surface area contributed by atoms with Crippen LogP contribution in [0.5, 0.6) is 5.88 Å². The minimum Gasteiger partial charge on any atom is -0.482 e. The molecule has 1 unspecified atom stereocenters. The fourth-order valence-electron chi connectivity index (χ4n) is 3.04. The van der Waals surface area contributed by atoms with Gasteiger partial charge in [0.15, 0.2) is 11.6 Å². The van der Waals surface area contributed by atoms with Crippen molar-refractivity contribution in [3.63, 3.8) is 0 Å². The summed E-state index contributed by atoms with van der Waals surface area (Å²) in [4.78, 5) is 16.5. The molecule has 1 saturated heterocycles. The Morgan fingerprint density at radius 2 is 2.27 bits per heavy atom. The van der Waals surface area contributed by atoms with Crippen LogP contribution >= 0.6 is 0 Å². The molecule has 0 aromatic carbocycles. The van der Waals surface area contributed by atoms with Crippen LogP contribution in [0.2, 0.25) is 0 Å². The van der Waals surface area contributed by atoms with E-state index >= 15 is 0 Å². The van der Waals surface area contributed by atoms with Crippen molar-refractivity contribution in [1.82, 2.24) is 14.7 Å². The van der Waals surface area contributed by atoms with Crippen LogP contribution in [-0.2, 0) is 11.2 Å². The number of fused-ring (bicyclic) bond motifs is 1. The Balaban J connectivity index is 2.05.